The van der Waals surface area contributed by atoms with Crippen molar-refractivity contribution in [2.75, 3.05) is 13.1 Å². The van der Waals surface area contributed by atoms with Crippen molar-refractivity contribution in [1.29, 1.82) is 0 Å². The number of aliphatic carboxylic acids is 1. The molecule has 1 unspecified atom stereocenters. The average Bonchev–Trinajstić information content (AvgIpc) is 2.46. The first-order chi connectivity index (χ1) is 10.7. The maximum atomic E-state index is 13.8. The van der Waals surface area contributed by atoms with Crippen LogP contribution in [0, 0.1) is 5.82 Å². The molecule has 1 atom stereocenters. The topological polar surface area (TPSA) is 86.7 Å². The molecule has 1 aromatic rings. The number of carboxylic acid groups (broad SMARTS) is 1. The van der Waals surface area contributed by atoms with Gasteiger partial charge in [-0.3, -0.25) is 9.59 Å². The second-order valence-electron chi connectivity index (χ2n) is 4.96. The molecule has 0 saturated carbocycles. The van der Waals surface area contributed by atoms with Crippen molar-refractivity contribution in [3.63, 3.8) is 0 Å². The van der Waals surface area contributed by atoms with Crippen LogP contribution >= 0.6 is 11.6 Å². The molecule has 23 heavy (non-hydrogen) atoms. The third-order valence-electron chi connectivity index (χ3n) is 3.26. The molecule has 0 aromatic heterocycles. The molecule has 0 aliphatic carbocycles. The minimum atomic E-state index is -1.19. The van der Waals surface area contributed by atoms with Crippen LogP contribution in [0.25, 0.3) is 0 Å². The summed E-state index contributed by atoms with van der Waals surface area (Å²) in [6.07, 6.45) is -0.358. The Morgan fingerprint density at radius 3 is 2.57 bits per heavy atom. The quantitative estimate of drug-likeness (QED) is 0.784. The zero-order valence-corrected chi connectivity index (χ0v) is 13.6. The highest BCUT2D eigenvalue weighted by molar-refractivity contribution is 6.31. The molecule has 2 amide bonds. The van der Waals surface area contributed by atoms with Crippen LogP contribution in [0.15, 0.2) is 18.2 Å². The van der Waals surface area contributed by atoms with Crippen LogP contribution in [0.4, 0.5) is 4.39 Å². The minimum Gasteiger partial charge on any atom is -0.480 e. The van der Waals surface area contributed by atoms with E-state index in [0.29, 0.717) is 0 Å². The monoisotopic (exact) mass is 344 g/mol. The molecule has 0 aliphatic rings. The van der Waals surface area contributed by atoms with Crippen LogP contribution in [0.3, 0.4) is 0 Å². The summed E-state index contributed by atoms with van der Waals surface area (Å²) >= 11 is 5.88. The highest BCUT2D eigenvalue weighted by atomic mass is 35.5. The van der Waals surface area contributed by atoms with Crippen LogP contribution in [-0.2, 0) is 20.8 Å². The van der Waals surface area contributed by atoms with Crippen LogP contribution in [0.1, 0.15) is 19.4 Å². The Balaban J connectivity index is 2.90. The van der Waals surface area contributed by atoms with Gasteiger partial charge < -0.3 is 15.3 Å². The molecule has 2 N–H and O–H groups in total. The van der Waals surface area contributed by atoms with Crippen molar-refractivity contribution in [3.05, 3.63) is 34.6 Å². The number of carbonyl (C=O) groups is 3. The lowest BCUT2D eigenvalue weighted by molar-refractivity contribution is -0.149. The Bertz CT molecular complexity index is 589. The van der Waals surface area contributed by atoms with Gasteiger partial charge in [-0.05, 0) is 19.1 Å². The van der Waals surface area contributed by atoms with Gasteiger partial charge in [-0.1, -0.05) is 17.7 Å². The molecule has 0 fully saturated rings. The van der Waals surface area contributed by atoms with E-state index in [2.05, 4.69) is 5.32 Å². The number of nitrogens with one attached hydrogen (secondary N) is 1. The fourth-order valence-electron chi connectivity index (χ4n) is 1.97. The van der Waals surface area contributed by atoms with Crippen molar-refractivity contribution >= 4 is 29.4 Å². The second-order valence-corrected chi connectivity index (χ2v) is 5.37. The van der Waals surface area contributed by atoms with Crippen LogP contribution in [0.5, 0.6) is 0 Å². The number of halogens is 2. The van der Waals surface area contributed by atoms with Crippen molar-refractivity contribution < 1.29 is 23.9 Å². The number of amides is 2. The molecule has 0 radical (unpaired) electrons. The fraction of sp³-hybridized carbons (Fsp3) is 0.400. The molecule has 1 rings (SSSR count). The SMILES string of the molecule is CC(=O)NCCN(C(=O)Cc1c(F)cccc1Cl)C(C)C(=O)O. The first-order valence-corrected chi connectivity index (χ1v) is 7.31. The third-order valence-corrected chi connectivity index (χ3v) is 3.62. The van der Waals surface area contributed by atoms with Gasteiger partial charge in [0.05, 0.1) is 6.42 Å². The van der Waals surface area contributed by atoms with Gasteiger partial charge >= 0.3 is 5.97 Å². The summed E-state index contributed by atoms with van der Waals surface area (Å²) in [6.45, 7) is 2.75. The standard InChI is InChI=1S/C15H18ClFN2O4/c1-9(15(22)23)19(7-6-18-10(2)20)14(21)8-11-12(16)4-3-5-13(11)17/h3-5,9H,6-8H2,1-2H3,(H,18,20)(H,22,23). The summed E-state index contributed by atoms with van der Waals surface area (Å²) in [5, 5.41) is 11.7. The van der Waals surface area contributed by atoms with Gasteiger partial charge in [0.1, 0.15) is 11.9 Å². The Kier molecular flexibility index (Phi) is 6.96. The number of hydrogen-bond acceptors (Lipinski definition) is 3. The van der Waals surface area contributed by atoms with Crippen molar-refractivity contribution in [3.8, 4) is 0 Å². The number of hydrogen-bond donors (Lipinski definition) is 2. The van der Waals surface area contributed by atoms with Gasteiger partial charge in [0, 0.05) is 30.6 Å². The van der Waals surface area contributed by atoms with E-state index in [1.807, 2.05) is 0 Å². The Hall–Kier alpha value is -2.15. The molecule has 0 heterocycles. The lowest BCUT2D eigenvalue weighted by atomic mass is 10.1. The molecule has 0 bridgehead atoms. The van der Waals surface area contributed by atoms with E-state index in [1.54, 1.807) is 0 Å². The maximum absolute atomic E-state index is 13.8. The molecular weight excluding hydrogens is 327 g/mol. The molecule has 0 aliphatic heterocycles. The predicted octanol–water partition coefficient (Wildman–Crippen LogP) is 1.46. The van der Waals surface area contributed by atoms with Crippen molar-refractivity contribution in [2.24, 2.45) is 0 Å². The third kappa shape index (κ3) is 5.52. The maximum Gasteiger partial charge on any atom is 0.326 e. The van der Waals surface area contributed by atoms with E-state index in [9.17, 15) is 18.8 Å². The van der Waals surface area contributed by atoms with E-state index in [1.165, 1.54) is 32.0 Å². The summed E-state index contributed by atoms with van der Waals surface area (Å²) in [6, 6.07) is 2.94. The summed E-state index contributed by atoms with van der Waals surface area (Å²) < 4.78 is 13.8. The number of rotatable bonds is 7. The van der Waals surface area contributed by atoms with Crippen molar-refractivity contribution in [2.45, 2.75) is 26.3 Å². The Morgan fingerprint density at radius 2 is 2.04 bits per heavy atom. The van der Waals surface area contributed by atoms with Gasteiger partial charge in [-0.15, -0.1) is 0 Å². The highest BCUT2D eigenvalue weighted by Gasteiger charge is 2.26. The van der Waals surface area contributed by atoms with E-state index in [0.717, 1.165) is 4.90 Å². The van der Waals surface area contributed by atoms with E-state index in [-0.39, 0.29) is 36.0 Å². The summed E-state index contributed by atoms with van der Waals surface area (Å²) in [5.74, 6) is -2.70. The van der Waals surface area contributed by atoms with Gasteiger partial charge in [-0.2, -0.15) is 0 Å². The molecule has 0 spiro atoms. The molecule has 1 aromatic carbocycles. The highest BCUT2D eigenvalue weighted by Crippen LogP contribution is 2.20. The smallest absolute Gasteiger partial charge is 0.326 e. The fourth-order valence-corrected chi connectivity index (χ4v) is 2.20. The lowest BCUT2D eigenvalue weighted by Crippen LogP contribution is -2.47. The zero-order valence-electron chi connectivity index (χ0n) is 12.8. The van der Waals surface area contributed by atoms with Crippen LogP contribution in [0.2, 0.25) is 5.02 Å². The van der Waals surface area contributed by atoms with Gasteiger partial charge in [0.2, 0.25) is 11.8 Å². The van der Waals surface area contributed by atoms with Crippen LogP contribution in [-0.4, -0.2) is 46.9 Å². The van der Waals surface area contributed by atoms with Gasteiger partial charge in [-0.25, -0.2) is 9.18 Å². The number of nitrogens with zero attached hydrogens (tertiary/aromatic N) is 1. The Morgan fingerprint density at radius 1 is 1.39 bits per heavy atom. The lowest BCUT2D eigenvalue weighted by Gasteiger charge is -2.27. The summed E-state index contributed by atoms with van der Waals surface area (Å²) in [7, 11) is 0. The van der Waals surface area contributed by atoms with Gasteiger partial charge in [0.15, 0.2) is 0 Å². The average molecular weight is 345 g/mol. The first kappa shape index (κ1) is 18.9. The largest absolute Gasteiger partial charge is 0.480 e. The molecule has 126 valence electrons. The van der Waals surface area contributed by atoms with E-state index >= 15 is 0 Å². The minimum absolute atomic E-state index is 0.00203. The molecular formula is C15H18ClFN2O4. The number of carbonyl (C=O) groups excluding carboxylic acids is 2. The van der Waals surface area contributed by atoms with Crippen molar-refractivity contribution in [1.82, 2.24) is 10.2 Å². The number of benzene rings is 1. The van der Waals surface area contributed by atoms with E-state index < -0.39 is 23.7 Å². The normalized spacial score (nSPS) is 11.7. The zero-order chi connectivity index (χ0) is 17.6. The van der Waals surface area contributed by atoms with Gasteiger partial charge in [0.25, 0.3) is 0 Å². The second kappa shape index (κ2) is 8.47. The molecule has 0 saturated heterocycles. The summed E-state index contributed by atoms with van der Waals surface area (Å²) in [4.78, 5) is 35.5. The van der Waals surface area contributed by atoms with Crippen LogP contribution < -0.4 is 5.32 Å². The summed E-state index contributed by atoms with van der Waals surface area (Å²) in [5.41, 5.74) is 0.0151. The number of carboxylic acids is 1. The molecule has 8 heteroatoms. The Labute approximate surface area is 138 Å². The molecule has 6 nitrogen and oxygen atoms in total. The predicted molar refractivity (Wildman–Crippen MR) is 82.6 cm³/mol. The first-order valence-electron chi connectivity index (χ1n) is 6.93. The van der Waals surface area contributed by atoms with E-state index in [4.69, 9.17) is 16.7 Å².